The maximum atomic E-state index is 12.6. The van der Waals surface area contributed by atoms with Crippen molar-refractivity contribution in [2.45, 2.75) is 32.7 Å². The zero-order chi connectivity index (χ0) is 21.2. The Morgan fingerprint density at radius 1 is 1.21 bits per heavy atom. The third-order valence-corrected chi connectivity index (χ3v) is 6.96. The van der Waals surface area contributed by atoms with Gasteiger partial charge in [-0.3, -0.25) is 9.59 Å². The second-order valence-electron chi connectivity index (χ2n) is 7.32. The molecule has 0 amide bonds. The first-order chi connectivity index (χ1) is 13.7. The Labute approximate surface area is 170 Å². The summed E-state index contributed by atoms with van der Waals surface area (Å²) in [5.41, 5.74) is 2.73. The number of aryl methyl sites for hydroxylation is 1. The Morgan fingerprint density at radius 2 is 1.97 bits per heavy atom. The predicted molar refractivity (Wildman–Crippen MR) is 108 cm³/mol. The summed E-state index contributed by atoms with van der Waals surface area (Å²) in [6.45, 7) is 3.29. The standard InChI is InChI=1S/C21H25NO6S/c1-14-9-19(15(2)22(14)17-7-8-29(25,26)13-17)20(23)12-28-21(24)11-16-5-4-6-18(10-16)27-3/h4-6,9-10,17H,7-8,11-13H2,1-3H3/t17-/m0/s1. The van der Waals surface area contributed by atoms with Gasteiger partial charge in [0.1, 0.15) is 5.75 Å². The van der Waals surface area contributed by atoms with Crippen molar-refractivity contribution in [1.29, 1.82) is 0 Å². The Morgan fingerprint density at radius 3 is 2.62 bits per heavy atom. The maximum absolute atomic E-state index is 12.6. The molecule has 2 heterocycles. The number of hydrogen-bond donors (Lipinski definition) is 0. The lowest BCUT2D eigenvalue weighted by Crippen LogP contribution is -2.17. The number of ether oxygens (including phenoxy) is 2. The largest absolute Gasteiger partial charge is 0.497 e. The number of aromatic nitrogens is 1. The fourth-order valence-electron chi connectivity index (χ4n) is 3.82. The van der Waals surface area contributed by atoms with E-state index in [2.05, 4.69) is 0 Å². The molecule has 0 saturated carbocycles. The molecule has 2 aromatic rings. The van der Waals surface area contributed by atoms with E-state index in [1.807, 2.05) is 11.5 Å². The number of esters is 1. The monoisotopic (exact) mass is 419 g/mol. The molecule has 1 aliphatic rings. The lowest BCUT2D eigenvalue weighted by molar-refractivity contribution is -0.141. The van der Waals surface area contributed by atoms with Crippen molar-refractivity contribution < 1.29 is 27.5 Å². The average Bonchev–Trinajstić information content (AvgIpc) is 3.17. The Balaban J connectivity index is 1.64. The zero-order valence-electron chi connectivity index (χ0n) is 16.8. The normalized spacial score (nSPS) is 17.8. The average molecular weight is 419 g/mol. The molecule has 0 bridgehead atoms. The van der Waals surface area contributed by atoms with Gasteiger partial charge in [-0.05, 0) is 44.0 Å². The molecule has 0 aliphatic carbocycles. The van der Waals surface area contributed by atoms with Crippen molar-refractivity contribution in [3.8, 4) is 5.75 Å². The number of nitrogens with zero attached hydrogens (tertiary/aromatic N) is 1. The van der Waals surface area contributed by atoms with Crippen LogP contribution >= 0.6 is 0 Å². The van der Waals surface area contributed by atoms with E-state index in [0.29, 0.717) is 23.4 Å². The van der Waals surface area contributed by atoms with Crippen molar-refractivity contribution in [1.82, 2.24) is 4.57 Å². The van der Waals surface area contributed by atoms with E-state index in [0.717, 1.165) is 11.3 Å². The molecular weight excluding hydrogens is 394 g/mol. The number of hydrogen-bond acceptors (Lipinski definition) is 6. The summed E-state index contributed by atoms with van der Waals surface area (Å²) in [4.78, 5) is 24.7. The van der Waals surface area contributed by atoms with Crippen LogP contribution in [-0.4, -0.2) is 50.0 Å². The minimum Gasteiger partial charge on any atom is -0.497 e. The minimum absolute atomic E-state index is 0.0451. The number of Topliss-reactive ketones (excluding diaryl/α,β-unsaturated/α-hetero) is 1. The van der Waals surface area contributed by atoms with Gasteiger partial charge < -0.3 is 14.0 Å². The fourth-order valence-corrected chi connectivity index (χ4v) is 5.52. The Kier molecular flexibility index (Phi) is 6.12. The van der Waals surface area contributed by atoms with E-state index in [1.165, 1.54) is 0 Å². The van der Waals surface area contributed by atoms with Gasteiger partial charge in [0.05, 0.1) is 25.0 Å². The predicted octanol–water partition coefficient (Wildman–Crippen LogP) is 2.44. The van der Waals surface area contributed by atoms with Gasteiger partial charge in [-0.1, -0.05) is 12.1 Å². The van der Waals surface area contributed by atoms with Crippen LogP contribution in [0.15, 0.2) is 30.3 Å². The molecular formula is C21H25NO6S. The van der Waals surface area contributed by atoms with Crippen molar-refractivity contribution in [2.75, 3.05) is 25.2 Å². The molecule has 1 aromatic carbocycles. The summed E-state index contributed by atoms with van der Waals surface area (Å²) in [5.74, 6) is 0.103. The second-order valence-corrected chi connectivity index (χ2v) is 9.55. The zero-order valence-corrected chi connectivity index (χ0v) is 17.6. The lowest BCUT2D eigenvalue weighted by atomic mass is 10.1. The smallest absolute Gasteiger partial charge is 0.310 e. The van der Waals surface area contributed by atoms with E-state index in [9.17, 15) is 18.0 Å². The van der Waals surface area contributed by atoms with E-state index >= 15 is 0 Å². The first kappa shape index (κ1) is 21.1. The molecule has 8 heteroatoms. The molecule has 29 heavy (non-hydrogen) atoms. The molecule has 1 aromatic heterocycles. The highest BCUT2D eigenvalue weighted by Crippen LogP contribution is 2.29. The molecule has 0 radical (unpaired) electrons. The van der Waals surface area contributed by atoms with Gasteiger partial charge in [0.15, 0.2) is 16.4 Å². The SMILES string of the molecule is COc1cccc(CC(=O)OCC(=O)c2cc(C)n([C@H]3CCS(=O)(=O)C3)c2C)c1. The summed E-state index contributed by atoms with van der Waals surface area (Å²) >= 11 is 0. The first-order valence-corrected chi connectivity index (χ1v) is 11.2. The highest BCUT2D eigenvalue weighted by atomic mass is 32.2. The van der Waals surface area contributed by atoms with Gasteiger partial charge >= 0.3 is 5.97 Å². The van der Waals surface area contributed by atoms with E-state index in [1.54, 1.807) is 44.4 Å². The quantitative estimate of drug-likeness (QED) is 0.506. The van der Waals surface area contributed by atoms with Crippen LogP contribution in [0.2, 0.25) is 0 Å². The number of rotatable bonds is 7. The molecule has 3 rings (SSSR count). The molecule has 1 fully saturated rings. The van der Waals surface area contributed by atoms with Gasteiger partial charge in [-0.25, -0.2) is 8.42 Å². The maximum Gasteiger partial charge on any atom is 0.310 e. The molecule has 0 unspecified atom stereocenters. The van der Waals surface area contributed by atoms with E-state index in [4.69, 9.17) is 9.47 Å². The third-order valence-electron chi connectivity index (χ3n) is 5.21. The van der Waals surface area contributed by atoms with Crippen LogP contribution < -0.4 is 4.74 Å². The lowest BCUT2D eigenvalue weighted by Gasteiger charge is -2.16. The second kappa shape index (κ2) is 8.41. The molecule has 0 N–H and O–H groups in total. The Hall–Kier alpha value is -2.61. The van der Waals surface area contributed by atoms with Crippen molar-refractivity contribution >= 4 is 21.6 Å². The number of benzene rings is 1. The number of carbonyl (C=O) groups excluding carboxylic acids is 2. The molecule has 1 saturated heterocycles. The van der Waals surface area contributed by atoms with Crippen molar-refractivity contribution in [2.24, 2.45) is 0 Å². The summed E-state index contributed by atoms with van der Waals surface area (Å²) in [6.07, 6.45) is 0.589. The van der Waals surface area contributed by atoms with Gasteiger partial charge in [0, 0.05) is 23.0 Å². The number of ketones is 1. The summed E-state index contributed by atoms with van der Waals surface area (Å²) in [7, 11) is -1.48. The van der Waals surface area contributed by atoms with Crippen LogP contribution in [0.1, 0.15) is 39.8 Å². The summed E-state index contributed by atoms with van der Waals surface area (Å²) in [5, 5.41) is 0. The molecule has 7 nitrogen and oxygen atoms in total. The third kappa shape index (κ3) is 4.87. The van der Waals surface area contributed by atoms with E-state index < -0.39 is 15.8 Å². The van der Waals surface area contributed by atoms with Gasteiger partial charge in [0.25, 0.3) is 0 Å². The van der Waals surface area contributed by atoms with Crippen LogP contribution in [-0.2, 0) is 25.8 Å². The van der Waals surface area contributed by atoms with Crippen LogP contribution in [0.5, 0.6) is 5.75 Å². The van der Waals surface area contributed by atoms with Crippen LogP contribution in [0.25, 0.3) is 0 Å². The minimum atomic E-state index is -3.03. The van der Waals surface area contributed by atoms with Crippen LogP contribution in [0.3, 0.4) is 0 Å². The highest BCUT2D eigenvalue weighted by Gasteiger charge is 2.31. The number of sulfone groups is 1. The number of methoxy groups -OCH3 is 1. The first-order valence-electron chi connectivity index (χ1n) is 9.41. The van der Waals surface area contributed by atoms with Crippen molar-refractivity contribution in [3.05, 3.63) is 52.8 Å². The van der Waals surface area contributed by atoms with Crippen molar-refractivity contribution in [3.63, 3.8) is 0 Å². The van der Waals surface area contributed by atoms with Crippen LogP contribution in [0, 0.1) is 13.8 Å². The van der Waals surface area contributed by atoms with Gasteiger partial charge in [-0.15, -0.1) is 0 Å². The van der Waals surface area contributed by atoms with Crippen LogP contribution in [0.4, 0.5) is 0 Å². The molecule has 0 spiro atoms. The summed E-state index contributed by atoms with van der Waals surface area (Å²) < 4.78 is 35.8. The molecule has 156 valence electrons. The highest BCUT2D eigenvalue weighted by molar-refractivity contribution is 7.91. The Bertz CT molecular complexity index is 1040. The van der Waals surface area contributed by atoms with E-state index in [-0.39, 0.29) is 36.4 Å². The fraction of sp³-hybridized carbons (Fsp3) is 0.429. The van der Waals surface area contributed by atoms with Gasteiger partial charge in [-0.2, -0.15) is 0 Å². The molecule has 1 aliphatic heterocycles. The van der Waals surface area contributed by atoms with Gasteiger partial charge in [0.2, 0.25) is 5.78 Å². The summed E-state index contributed by atoms with van der Waals surface area (Å²) in [6, 6.07) is 8.67. The molecule has 1 atom stereocenters. The topological polar surface area (TPSA) is 91.7 Å². The number of carbonyl (C=O) groups is 2.